The molecule has 3 heterocycles. The SMILES string of the molecule is O=C(CC1(O)CCC1)N1CCC2(CC1)CC(=O)N(Cc1ccncc1)C2. The van der Waals surface area contributed by atoms with E-state index >= 15 is 0 Å². The van der Waals surface area contributed by atoms with Crippen molar-refractivity contribution in [2.75, 3.05) is 19.6 Å². The molecule has 1 aromatic heterocycles. The molecule has 2 aliphatic heterocycles. The van der Waals surface area contributed by atoms with E-state index in [1.807, 2.05) is 21.9 Å². The molecule has 1 aromatic rings. The number of hydrogen-bond donors (Lipinski definition) is 1. The first-order valence-corrected chi connectivity index (χ1v) is 9.64. The third kappa shape index (κ3) is 3.47. The smallest absolute Gasteiger partial charge is 0.225 e. The number of rotatable bonds is 4. The van der Waals surface area contributed by atoms with Gasteiger partial charge in [0.25, 0.3) is 0 Å². The molecule has 0 atom stereocenters. The lowest BCUT2D eigenvalue weighted by atomic mass is 9.76. The van der Waals surface area contributed by atoms with Gasteiger partial charge in [0.2, 0.25) is 11.8 Å². The average Bonchev–Trinajstić information content (AvgIpc) is 2.90. The topological polar surface area (TPSA) is 73.7 Å². The number of likely N-dealkylation sites (tertiary alicyclic amines) is 2. The molecule has 2 saturated heterocycles. The van der Waals surface area contributed by atoms with Crippen LogP contribution in [0.5, 0.6) is 0 Å². The van der Waals surface area contributed by atoms with Crippen molar-refractivity contribution in [3.05, 3.63) is 30.1 Å². The van der Waals surface area contributed by atoms with E-state index in [1.165, 1.54) is 0 Å². The lowest BCUT2D eigenvalue weighted by molar-refractivity contribution is -0.142. The van der Waals surface area contributed by atoms with Gasteiger partial charge in [-0.2, -0.15) is 0 Å². The first-order chi connectivity index (χ1) is 12.5. The summed E-state index contributed by atoms with van der Waals surface area (Å²) in [7, 11) is 0. The molecule has 2 amide bonds. The average molecular weight is 357 g/mol. The Kier molecular flexibility index (Phi) is 4.47. The molecule has 3 fully saturated rings. The normalized spacial score (nSPS) is 24.0. The summed E-state index contributed by atoms with van der Waals surface area (Å²) in [6.07, 6.45) is 8.60. The fourth-order valence-corrected chi connectivity index (χ4v) is 4.55. The van der Waals surface area contributed by atoms with Crippen LogP contribution in [0, 0.1) is 5.41 Å². The summed E-state index contributed by atoms with van der Waals surface area (Å²) >= 11 is 0. The van der Waals surface area contributed by atoms with E-state index < -0.39 is 5.60 Å². The molecule has 0 unspecified atom stereocenters. The molecule has 26 heavy (non-hydrogen) atoms. The van der Waals surface area contributed by atoms with Crippen LogP contribution in [0.15, 0.2) is 24.5 Å². The molecule has 0 aromatic carbocycles. The minimum absolute atomic E-state index is 0.00820. The van der Waals surface area contributed by atoms with Gasteiger partial charge >= 0.3 is 0 Å². The Hall–Kier alpha value is -1.95. The molecule has 0 radical (unpaired) electrons. The van der Waals surface area contributed by atoms with E-state index in [9.17, 15) is 14.7 Å². The second-order valence-electron chi connectivity index (χ2n) is 8.42. The maximum absolute atomic E-state index is 12.5. The van der Waals surface area contributed by atoms with Gasteiger partial charge < -0.3 is 14.9 Å². The van der Waals surface area contributed by atoms with Crippen LogP contribution in [-0.2, 0) is 16.1 Å². The van der Waals surface area contributed by atoms with Crippen molar-refractivity contribution in [2.45, 2.75) is 57.1 Å². The standard InChI is InChI=1S/C20H27N3O3/c24-17-12-19(15-23(17)14-16-2-8-21-9-3-16)6-10-22(11-7-19)18(25)13-20(26)4-1-5-20/h2-3,8-9,26H,1,4-7,10-15H2. The van der Waals surface area contributed by atoms with E-state index in [4.69, 9.17) is 0 Å². The quantitative estimate of drug-likeness (QED) is 0.891. The van der Waals surface area contributed by atoms with Crippen molar-refractivity contribution in [3.8, 4) is 0 Å². The highest BCUT2D eigenvalue weighted by atomic mass is 16.3. The Labute approximate surface area is 154 Å². The number of pyridine rings is 1. The first-order valence-electron chi connectivity index (χ1n) is 9.64. The lowest BCUT2D eigenvalue weighted by Crippen LogP contribution is -2.48. The molecule has 6 heteroatoms. The van der Waals surface area contributed by atoms with Crippen molar-refractivity contribution in [2.24, 2.45) is 5.41 Å². The largest absolute Gasteiger partial charge is 0.389 e. The van der Waals surface area contributed by atoms with Gasteiger partial charge in [-0.25, -0.2) is 0 Å². The third-order valence-electron chi connectivity index (χ3n) is 6.47. The highest BCUT2D eigenvalue weighted by Crippen LogP contribution is 2.42. The van der Waals surface area contributed by atoms with Gasteiger partial charge in [0.1, 0.15) is 0 Å². The van der Waals surface area contributed by atoms with Crippen molar-refractivity contribution in [1.29, 1.82) is 0 Å². The molecule has 6 nitrogen and oxygen atoms in total. The summed E-state index contributed by atoms with van der Waals surface area (Å²) in [5.41, 5.74) is 0.359. The minimum atomic E-state index is -0.753. The van der Waals surface area contributed by atoms with Crippen LogP contribution in [-0.4, -0.2) is 56.9 Å². The zero-order chi connectivity index (χ0) is 18.2. The number of amides is 2. The second kappa shape index (κ2) is 6.65. The predicted octanol–water partition coefficient (Wildman–Crippen LogP) is 1.73. The Morgan fingerprint density at radius 1 is 1.15 bits per heavy atom. The van der Waals surface area contributed by atoms with E-state index in [1.54, 1.807) is 12.4 Å². The van der Waals surface area contributed by atoms with E-state index in [2.05, 4.69) is 4.98 Å². The highest BCUT2D eigenvalue weighted by molar-refractivity contribution is 5.80. The van der Waals surface area contributed by atoms with Gasteiger partial charge in [-0.3, -0.25) is 14.6 Å². The van der Waals surface area contributed by atoms with Crippen LogP contribution < -0.4 is 0 Å². The van der Waals surface area contributed by atoms with Gasteiger partial charge in [0.05, 0.1) is 12.0 Å². The molecular weight excluding hydrogens is 330 g/mol. The maximum atomic E-state index is 12.5. The van der Waals surface area contributed by atoms with Gasteiger partial charge in [-0.15, -0.1) is 0 Å². The second-order valence-corrected chi connectivity index (χ2v) is 8.42. The monoisotopic (exact) mass is 357 g/mol. The molecule has 1 spiro atoms. The van der Waals surface area contributed by atoms with Crippen LogP contribution in [0.3, 0.4) is 0 Å². The van der Waals surface area contributed by atoms with Gasteiger partial charge in [-0.1, -0.05) is 0 Å². The lowest BCUT2D eigenvalue weighted by Gasteiger charge is -2.41. The van der Waals surface area contributed by atoms with E-state index in [-0.39, 0.29) is 23.7 Å². The van der Waals surface area contributed by atoms with Crippen molar-refractivity contribution >= 4 is 11.8 Å². The number of aromatic nitrogens is 1. The summed E-state index contributed by atoms with van der Waals surface area (Å²) < 4.78 is 0. The Balaban J connectivity index is 1.32. The van der Waals surface area contributed by atoms with Crippen molar-refractivity contribution in [1.82, 2.24) is 14.8 Å². The molecule has 1 aliphatic carbocycles. The molecule has 1 saturated carbocycles. The zero-order valence-electron chi connectivity index (χ0n) is 15.2. The number of carbonyl (C=O) groups excluding carboxylic acids is 2. The fraction of sp³-hybridized carbons (Fsp3) is 0.650. The predicted molar refractivity (Wildman–Crippen MR) is 95.9 cm³/mol. The maximum Gasteiger partial charge on any atom is 0.225 e. The van der Waals surface area contributed by atoms with Crippen LogP contribution in [0.2, 0.25) is 0 Å². The van der Waals surface area contributed by atoms with Gasteiger partial charge in [0.15, 0.2) is 0 Å². The highest BCUT2D eigenvalue weighted by Gasteiger charge is 2.46. The summed E-state index contributed by atoms with van der Waals surface area (Å²) in [5.74, 6) is 0.283. The molecular formula is C20H27N3O3. The summed E-state index contributed by atoms with van der Waals surface area (Å²) in [5, 5.41) is 10.2. The van der Waals surface area contributed by atoms with Crippen molar-refractivity contribution in [3.63, 3.8) is 0 Å². The Bertz CT molecular complexity index is 679. The van der Waals surface area contributed by atoms with Gasteiger partial charge in [-0.05, 0) is 49.8 Å². The molecule has 140 valence electrons. The summed E-state index contributed by atoms with van der Waals surface area (Å²) in [4.78, 5) is 32.8. The first kappa shape index (κ1) is 17.5. The van der Waals surface area contributed by atoms with Crippen LogP contribution >= 0.6 is 0 Å². The number of nitrogens with zero attached hydrogens (tertiary/aromatic N) is 3. The minimum Gasteiger partial charge on any atom is -0.389 e. The number of carbonyl (C=O) groups is 2. The van der Waals surface area contributed by atoms with Crippen LogP contribution in [0.4, 0.5) is 0 Å². The van der Waals surface area contributed by atoms with E-state index in [0.717, 1.165) is 44.2 Å². The zero-order valence-corrected chi connectivity index (χ0v) is 15.2. The molecule has 1 N–H and O–H groups in total. The molecule has 0 bridgehead atoms. The Morgan fingerprint density at radius 2 is 1.85 bits per heavy atom. The molecule has 3 aliphatic rings. The van der Waals surface area contributed by atoms with Crippen LogP contribution in [0.1, 0.15) is 50.5 Å². The van der Waals surface area contributed by atoms with Gasteiger partial charge in [0, 0.05) is 50.4 Å². The van der Waals surface area contributed by atoms with E-state index in [0.29, 0.717) is 26.1 Å². The number of piperidine rings is 1. The number of hydrogen-bond acceptors (Lipinski definition) is 4. The fourth-order valence-electron chi connectivity index (χ4n) is 4.55. The van der Waals surface area contributed by atoms with Crippen molar-refractivity contribution < 1.29 is 14.7 Å². The van der Waals surface area contributed by atoms with Crippen LogP contribution in [0.25, 0.3) is 0 Å². The Morgan fingerprint density at radius 3 is 2.46 bits per heavy atom. The summed E-state index contributed by atoms with van der Waals surface area (Å²) in [6.45, 7) is 2.81. The molecule has 4 rings (SSSR count). The number of aliphatic hydroxyl groups is 1. The third-order valence-corrected chi connectivity index (χ3v) is 6.47. The summed E-state index contributed by atoms with van der Waals surface area (Å²) in [6, 6.07) is 3.90.